The van der Waals surface area contributed by atoms with Gasteiger partial charge in [-0.05, 0) is 63.1 Å². The van der Waals surface area contributed by atoms with Crippen LogP contribution in [0.2, 0.25) is 0 Å². The Morgan fingerprint density at radius 3 is 2.29 bits per heavy atom. The van der Waals surface area contributed by atoms with Crippen molar-refractivity contribution in [3.8, 4) is 11.3 Å². The lowest BCUT2D eigenvalue weighted by Crippen LogP contribution is -2.35. The fourth-order valence-corrected chi connectivity index (χ4v) is 6.02. The molecule has 8 heteroatoms. The number of nitrogens with one attached hydrogen (secondary N) is 1. The largest absolute Gasteiger partial charge is 0.298 e. The third-order valence-electron chi connectivity index (χ3n) is 5.31. The molecule has 2 heterocycles. The maximum Gasteiger partial charge on any atom is 0.257 e. The molecule has 31 heavy (non-hydrogen) atoms. The van der Waals surface area contributed by atoms with Crippen molar-refractivity contribution < 1.29 is 13.2 Å². The van der Waals surface area contributed by atoms with Gasteiger partial charge < -0.3 is 0 Å². The number of aryl methyl sites for hydroxylation is 2. The van der Waals surface area contributed by atoms with Gasteiger partial charge in [0.2, 0.25) is 10.0 Å². The number of thiazole rings is 1. The minimum absolute atomic E-state index is 0.220. The van der Waals surface area contributed by atoms with Crippen LogP contribution in [0, 0.1) is 13.8 Å². The zero-order valence-electron chi connectivity index (χ0n) is 17.6. The van der Waals surface area contributed by atoms with Crippen molar-refractivity contribution in [3.05, 3.63) is 64.5 Å². The molecule has 0 radical (unpaired) electrons. The van der Waals surface area contributed by atoms with Gasteiger partial charge in [-0.2, -0.15) is 4.31 Å². The molecule has 4 rings (SSSR count). The molecule has 0 saturated carbocycles. The fourth-order valence-electron chi connectivity index (χ4n) is 3.79. The predicted molar refractivity (Wildman–Crippen MR) is 124 cm³/mol. The molecule has 1 aliphatic heterocycles. The van der Waals surface area contributed by atoms with Crippen molar-refractivity contribution in [3.63, 3.8) is 0 Å². The van der Waals surface area contributed by atoms with Crippen molar-refractivity contribution in [1.82, 2.24) is 9.29 Å². The number of benzene rings is 2. The fraction of sp³-hybridized carbons (Fsp3) is 0.304. The molecule has 0 atom stereocenters. The van der Waals surface area contributed by atoms with Gasteiger partial charge in [0.25, 0.3) is 5.91 Å². The summed E-state index contributed by atoms with van der Waals surface area (Å²) in [5, 5.41) is 5.23. The summed E-state index contributed by atoms with van der Waals surface area (Å²) in [5.41, 5.74) is 4.54. The summed E-state index contributed by atoms with van der Waals surface area (Å²) in [6.45, 7) is 5.19. The smallest absolute Gasteiger partial charge is 0.257 e. The molecule has 3 aromatic rings. The van der Waals surface area contributed by atoms with Crippen molar-refractivity contribution in [2.45, 2.75) is 38.0 Å². The minimum atomic E-state index is -3.51. The Bertz CT molecular complexity index is 1170. The summed E-state index contributed by atoms with van der Waals surface area (Å²) >= 11 is 1.36. The number of hydrogen-bond donors (Lipinski definition) is 1. The van der Waals surface area contributed by atoms with Crippen molar-refractivity contribution in [1.29, 1.82) is 0 Å². The number of carbonyl (C=O) groups excluding carboxylic acids is 1. The number of rotatable bonds is 5. The van der Waals surface area contributed by atoms with Crippen LogP contribution < -0.4 is 5.32 Å². The monoisotopic (exact) mass is 455 g/mol. The second-order valence-corrected chi connectivity index (χ2v) is 10.7. The van der Waals surface area contributed by atoms with E-state index in [9.17, 15) is 13.2 Å². The first kappa shape index (κ1) is 21.7. The maximum absolute atomic E-state index is 12.8. The highest BCUT2D eigenvalue weighted by molar-refractivity contribution is 7.89. The topological polar surface area (TPSA) is 79.4 Å². The predicted octanol–water partition coefficient (Wildman–Crippen LogP) is 4.85. The third kappa shape index (κ3) is 4.87. The molecule has 1 N–H and O–H groups in total. The molecule has 2 aromatic carbocycles. The van der Waals surface area contributed by atoms with Crippen LogP contribution >= 0.6 is 11.3 Å². The quantitative estimate of drug-likeness (QED) is 0.596. The van der Waals surface area contributed by atoms with Gasteiger partial charge >= 0.3 is 0 Å². The average Bonchev–Trinajstić information content (AvgIpc) is 3.22. The number of sulfonamides is 1. The highest BCUT2D eigenvalue weighted by Gasteiger charge is 2.26. The summed E-state index contributed by atoms with van der Waals surface area (Å²) in [6.07, 6.45) is 2.84. The molecule has 1 aromatic heterocycles. The van der Waals surface area contributed by atoms with Crippen LogP contribution in [0.15, 0.2) is 52.7 Å². The summed E-state index contributed by atoms with van der Waals surface area (Å²) < 4.78 is 27.0. The Balaban J connectivity index is 1.46. The number of aromatic nitrogens is 1. The van der Waals surface area contributed by atoms with E-state index < -0.39 is 10.0 Å². The van der Waals surface area contributed by atoms with Gasteiger partial charge in [-0.15, -0.1) is 11.3 Å². The molecule has 0 aliphatic carbocycles. The lowest BCUT2D eigenvalue weighted by atomic mass is 10.1. The van der Waals surface area contributed by atoms with Crippen LogP contribution in [-0.4, -0.2) is 36.7 Å². The van der Waals surface area contributed by atoms with Crippen molar-refractivity contribution in [2.24, 2.45) is 0 Å². The molecular weight excluding hydrogens is 430 g/mol. The third-order valence-corrected chi connectivity index (χ3v) is 7.98. The van der Waals surface area contributed by atoms with Gasteiger partial charge in [0.05, 0.1) is 10.6 Å². The van der Waals surface area contributed by atoms with E-state index in [2.05, 4.69) is 28.5 Å². The zero-order chi connectivity index (χ0) is 22.0. The van der Waals surface area contributed by atoms with Gasteiger partial charge in [0.1, 0.15) is 0 Å². The Morgan fingerprint density at radius 1 is 1.00 bits per heavy atom. The number of anilines is 1. The minimum Gasteiger partial charge on any atom is -0.298 e. The molecule has 1 fully saturated rings. The van der Waals surface area contributed by atoms with E-state index in [1.54, 1.807) is 12.1 Å². The maximum atomic E-state index is 12.8. The number of hydrogen-bond acceptors (Lipinski definition) is 5. The Kier molecular flexibility index (Phi) is 6.22. The number of carbonyl (C=O) groups is 1. The van der Waals surface area contributed by atoms with E-state index in [0.717, 1.165) is 41.6 Å². The summed E-state index contributed by atoms with van der Waals surface area (Å²) in [4.78, 5) is 17.4. The van der Waals surface area contributed by atoms with Crippen LogP contribution in [0.4, 0.5) is 5.13 Å². The van der Waals surface area contributed by atoms with Crippen LogP contribution in [0.25, 0.3) is 11.3 Å². The average molecular weight is 456 g/mol. The normalized spacial score (nSPS) is 15.0. The lowest BCUT2D eigenvalue weighted by Gasteiger charge is -2.25. The SMILES string of the molecule is Cc1cc(C)cc(-c2csc(NC(=O)c3ccc(S(=O)(=O)N4CCCCC4)cc3)n2)c1. The summed E-state index contributed by atoms with van der Waals surface area (Å²) in [6, 6.07) is 12.3. The Hall–Kier alpha value is -2.55. The van der Waals surface area contributed by atoms with E-state index in [1.165, 1.54) is 27.8 Å². The highest BCUT2D eigenvalue weighted by atomic mass is 32.2. The Labute approximate surface area is 187 Å². The van der Waals surface area contributed by atoms with E-state index >= 15 is 0 Å². The van der Waals surface area contributed by atoms with Crippen LogP contribution in [0.5, 0.6) is 0 Å². The summed E-state index contributed by atoms with van der Waals surface area (Å²) in [7, 11) is -3.51. The summed E-state index contributed by atoms with van der Waals surface area (Å²) in [5.74, 6) is -0.316. The van der Waals surface area contributed by atoms with Gasteiger partial charge in [-0.1, -0.05) is 23.6 Å². The second-order valence-electron chi connectivity index (χ2n) is 7.86. The molecule has 1 aliphatic rings. The van der Waals surface area contributed by atoms with E-state index in [1.807, 2.05) is 19.2 Å². The molecule has 162 valence electrons. The first-order valence-corrected chi connectivity index (χ1v) is 12.6. The number of nitrogens with zero attached hydrogens (tertiary/aromatic N) is 2. The molecule has 1 amide bonds. The standard InChI is InChI=1S/C23H25N3O3S2/c1-16-12-17(2)14-19(13-16)21-15-30-23(24-21)25-22(27)18-6-8-20(9-7-18)31(28,29)26-10-4-3-5-11-26/h6-9,12-15H,3-5,10-11H2,1-2H3,(H,24,25,27). The lowest BCUT2D eigenvalue weighted by molar-refractivity contribution is 0.102. The van der Waals surface area contributed by atoms with E-state index in [-0.39, 0.29) is 10.8 Å². The van der Waals surface area contributed by atoms with Crippen LogP contribution in [0.3, 0.4) is 0 Å². The first-order valence-electron chi connectivity index (χ1n) is 10.3. The molecule has 0 bridgehead atoms. The molecule has 0 unspecified atom stereocenters. The first-order chi connectivity index (χ1) is 14.8. The second kappa shape index (κ2) is 8.90. The molecule has 6 nitrogen and oxygen atoms in total. The van der Waals surface area contributed by atoms with E-state index in [0.29, 0.717) is 23.8 Å². The zero-order valence-corrected chi connectivity index (χ0v) is 19.2. The molecule has 1 saturated heterocycles. The van der Waals surface area contributed by atoms with Gasteiger partial charge in [-0.3, -0.25) is 10.1 Å². The van der Waals surface area contributed by atoms with Gasteiger partial charge in [0, 0.05) is 29.6 Å². The number of piperidine rings is 1. The Morgan fingerprint density at radius 2 is 1.65 bits per heavy atom. The molecule has 0 spiro atoms. The molecular formula is C23H25N3O3S2. The van der Waals surface area contributed by atoms with Crippen LogP contribution in [0.1, 0.15) is 40.7 Å². The highest BCUT2D eigenvalue weighted by Crippen LogP contribution is 2.27. The van der Waals surface area contributed by atoms with Gasteiger partial charge in [-0.25, -0.2) is 13.4 Å². The number of amides is 1. The van der Waals surface area contributed by atoms with Crippen LogP contribution in [-0.2, 0) is 10.0 Å². The van der Waals surface area contributed by atoms with Gasteiger partial charge in [0.15, 0.2) is 5.13 Å². The van der Waals surface area contributed by atoms with Crippen molar-refractivity contribution in [2.75, 3.05) is 18.4 Å². The van der Waals surface area contributed by atoms with E-state index in [4.69, 9.17) is 0 Å². The van der Waals surface area contributed by atoms with Crippen molar-refractivity contribution >= 4 is 32.4 Å².